The number of amides is 2. The topological polar surface area (TPSA) is 94.3 Å². The maximum absolute atomic E-state index is 11.9. The fourth-order valence-corrected chi connectivity index (χ4v) is 1.61. The fraction of sp³-hybridized carbons (Fsp3) is 0.0714. The zero-order valence-corrected chi connectivity index (χ0v) is 11.6. The molecule has 0 atom stereocenters. The summed E-state index contributed by atoms with van der Waals surface area (Å²) < 4.78 is 5.11. The molecule has 108 valence electrons. The Kier molecular flexibility index (Phi) is 4.73. The van der Waals surface area contributed by atoms with Gasteiger partial charge in [0.05, 0.1) is 5.56 Å². The lowest BCUT2D eigenvalue weighted by Gasteiger charge is -2.07. The monoisotopic (exact) mass is 305 g/mol. The molecule has 6 nitrogen and oxygen atoms in total. The number of nitrogens with one attached hydrogen (secondary N) is 1. The molecule has 0 saturated carbocycles. The van der Waals surface area contributed by atoms with Gasteiger partial charge < -0.3 is 15.8 Å². The van der Waals surface area contributed by atoms with E-state index >= 15 is 0 Å². The van der Waals surface area contributed by atoms with Crippen molar-refractivity contribution in [3.05, 3.63) is 53.3 Å². The average Bonchev–Trinajstić information content (AvgIpc) is 2.47. The number of nitrogens with zero attached hydrogens (tertiary/aromatic N) is 1. The van der Waals surface area contributed by atoms with Crippen molar-refractivity contribution < 1.29 is 14.3 Å². The first-order valence-corrected chi connectivity index (χ1v) is 6.36. The van der Waals surface area contributed by atoms with Crippen molar-refractivity contribution in [2.45, 2.75) is 0 Å². The first-order valence-electron chi connectivity index (χ1n) is 5.98. The summed E-state index contributed by atoms with van der Waals surface area (Å²) in [6.45, 7) is -0.192. The Balaban J connectivity index is 1.98. The molecule has 2 amide bonds. The molecule has 0 saturated heterocycles. The van der Waals surface area contributed by atoms with E-state index in [1.54, 1.807) is 30.3 Å². The number of halogens is 1. The molecular weight excluding hydrogens is 294 g/mol. The lowest BCUT2D eigenvalue weighted by atomic mass is 10.2. The molecule has 0 aliphatic rings. The van der Waals surface area contributed by atoms with Crippen LogP contribution in [0.25, 0.3) is 0 Å². The van der Waals surface area contributed by atoms with Crippen molar-refractivity contribution in [3.63, 3.8) is 0 Å². The van der Waals surface area contributed by atoms with Gasteiger partial charge in [-0.05, 0) is 36.4 Å². The van der Waals surface area contributed by atoms with Crippen molar-refractivity contribution >= 4 is 29.1 Å². The van der Waals surface area contributed by atoms with Gasteiger partial charge in [0.1, 0.15) is 10.9 Å². The third-order valence-corrected chi connectivity index (χ3v) is 2.71. The number of anilines is 1. The standard InChI is InChI=1S/C14H12ClN3O3/c15-12-6-1-9(7-17-12)14(20)18-10-2-4-11(5-3-10)21-8-13(16)19/h1-7H,8H2,(H2,16,19)(H,18,20). The van der Waals surface area contributed by atoms with Crippen LogP contribution in [-0.2, 0) is 4.79 Å². The highest BCUT2D eigenvalue weighted by molar-refractivity contribution is 6.29. The van der Waals surface area contributed by atoms with Crippen LogP contribution in [-0.4, -0.2) is 23.4 Å². The first-order chi connectivity index (χ1) is 10.0. The predicted octanol–water partition coefficient (Wildman–Crippen LogP) is 1.85. The molecule has 0 aliphatic carbocycles. The molecule has 0 aliphatic heterocycles. The number of ether oxygens (including phenoxy) is 1. The van der Waals surface area contributed by atoms with Crippen molar-refractivity contribution in [1.82, 2.24) is 4.98 Å². The Labute approximate surface area is 125 Å². The third kappa shape index (κ3) is 4.47. The smallest absolute Gasteiger partial charge is 0.257 e. The van der Waals surface area contributed by atoms with E-state index in [2.05, 4.69) is 10.3 Å². The van der Waals surface area contributed by atoms with Gasteiger partial charge in [-0.1, -0.05) is 11.6 Å². The van der Waals surface area contributed by atoms with Crippen LogP contribution in [0.2, 0.25) is 5.15 Å². The molecule has 0 fully saturated rings. The molecule has 0 radical (unpaired) electrons. The molecule has 1 aromatic carbocycles. The molecule has 0 bridgehead atoms. The summed E-state index contributed by atoms with van der Waals surface area (Å²) >= 11 is 5.66. The maximum atomic E-state index is 11.9. The van der Waals surface area contributed by atoms with Crippen molar-refractivity contribution in [2.75, 3.05) is 11.9 Å². The van der Waals surface area contributed by atoms with Gasteiger partial charge in [0.15, 0.2) is 6.61 Å². The molecule has 1 heterocycles. The van der Waals surface area contributed by atoms with Crippen LogP contribution in [0.5, 0.6) is 5.75 Å². The molecule has 1 aromatic heterocycles. The van der Waals surface area contributed by atoms with Crippen LogP contribution in [0.15, 0.2) is 42.6 Å². The number of hydrogen-bond donors (Lipinski definition) is 2. The van der Waals surface area contributed by atoms with E-state index in [0.717, 1.165) is 0 Å². The summed E-state index contributed by atoms with van der Waals surface area (Å²) in [5, 5.41) is 3.02. The quantitative estimate of drug-likeness (QED) is 0.824. The summed E-state index contributed by atoms with van der Waals surface area (Å²) in [4.78, 5) is 26.4. The van der Waals surface area contributed by atoms with Gasteiger partial charge in [0, 0.05) is 11.9 Å². The van der Waals surface area contributed by atoms with Crippen LogP contribution in [0, 0.1) is 0 Å². The van der Waals surface area contributed by atoms with Gasteiger partial charge in [-0.25, -0.2) is 4.98 Å². The van der Waals surface area contributed by atoms with E-state index in [1.807, 2.05) is 0 Å². The van der Waals surface area contributed by atoms with Crippen molar-refractivity contribution in [2.24, 2.45) is 5.73 Å². The second-order valence-corrected chi connectivity index (χ2v) is 4.49. The Hall–Kier alpha value is -2.60. The van der Waals surface area contributed by atoms with E-state index < -0.39 is 5.91 Å². The van der Waals surface area contributed by atoms with Crippen LogP contribution >= 0.6 is 11.6 Å². The molecule has 2 rings (SSSR count). The number of carbonyl (C=O) groups is 2. The van der Waals surface area contributed by atoms with E-state index in [4.69, 9.17) is 22.1 Å². The molecule has 0 spiro atoms. The minimum absolute atomic E-state index is 0.192. The normalized spacial score (nSPS) is 9.95. The first kappa shape index (κ1) is 14.8. The maximum Gasteiger partial charge on any atom is 0.257 e. The number of hydrogen-bond acceptors (Lipinski definition) is 4. The van der Waals surface area contributed by atoms with E-state index in [0.29, 0.717) is 22.2 Å². The van der Waals surface area contributed by atoms with Gasteiger partial charge >= 0.3 is 0 Å². The number of pyridine rings is 1. The number of rotatable bonds is 5. The van der Waals surface area contributed by atoms with Crippen LogP contribution < -0.4 is 15.8 Å². The minimum atomic E-state index is -0.553. The second kappa shape index (κ2) is 6.71. The van der Waals surface area contributed by atoms with Crippen LogP contribution in [0.1, 0.15) is 10.4 Å². The molecule has 7 heteroatoms. The van der Waals surface area contributed by atoms with Gasteiger partial charge in [-0.15, -0.1) is 0 Å². The third-order valence-electron chi connectivity index (χ3n) is 2.48. The zero-order valence-electron chi connectivity index (χ0n) is 10.9. The Morgan fingerprint density at radius 3 is 2.48 bits per heavy atom. The number of primary amides is 1. The summed E-state index contributed by atoms with van der Waals surface area (Å²) in [5.74, 6) is -0.368. The lowest BCUT2D eigenvalue weighted by molar-refractivity contribution is -0.119. The number of carbonyl (C=O) groups excluding carboxylic acids is 2. The number of nitrogens with two attached hydrogens (primary N) is 1. The molecule has 21 heavy (non-hydrogen) atoms. The highest BCUT2D eigenvalue weighted by Crippen LogP contribution is 2.16. The van der Waals surface area contributed by atoms with Crippen LogP contribution in [0.4, 0.5) is 5.69 Å². The summed E-state index contributed by atoms with van der Waals surface area (Å²) in [6.07, 6.45) is 1.39. The van der Waals surface area contributed by atoms with E-state index in [-0.39, 0.29) is 12.5 Å². The van der Waals surface area contributed by atoms with Gasteiger partial charge in [0.25, 0.3) is 11.8 Å². The molecule has 2 aromatic rings. The summed E-state index contributed by atoms with van der Waals surface area (Å²) in [5.41, 5.74) is 5.96. The Morgan fingerprint density at radius 2 is 1.90 bits per heavy atom. The highest BCUT2D eigenvalue weighted by atomic mass is 35.5. The SMILES string of the molecule is NC(=O)COc1ccc(NC(=O)c2ccc(Cl)nc2)cc1. The fourth-order valence-electron chi connectivity index (χ4n) is 1.50. The molecule has 3 N–H and O–H groups in total. The zero-order chi connectivity index (χ0) is 15.2. The van der Waals surface area contributed by atoms with E-state index in [1.165, 1.54) is 12.3 Å². The Morgan fingerprint density at radius 1 is 1.19 bits per heavy atom. The average molecular weight is 306 g/mol. The van der Waals surface area contributed by atoms with Crippen LogP contribution in [0.3, 0.4) is 0 Å². The van der Waals surface area contributed by atoms with Gasteiger partial charge in [0.2, 0.25) is 0 Å². The highest BCUT2D eigenvalue weighted by Gasteiger charge is 2.06. The number of aromatic nitrogens is 1. The van der Waals surface area contributed by atoms with E-state index in [9.17, 15) is 9.59 Å². The second-order valence-electron chi connectivity index (χ2n) is 4.10. The predicted molar refractivity (Wildman–Crippen MR) is 78.3 cm³/mol. The van der Waals surface area contributed by atoms with Gasteiger partial charge in [-0.3, -0.25) is 9.59 Å². The molecular formula is C14H12ClN3O3. The minimum Gasteiger partial charge on any atom is -0.484 e. The lowest BCUT2D eigenvalue weighted by Crippen LogP contribution is -2.20. The number of benzene rings is 1. The largest absolute Gasteiger partial charge is 0.484 e. The van der Waals surface area contributed by atoms with Gasteiger partial charge in [-0.2, -0.15) is 0 Å². The van der Waals surface area contributed by atoms with Crippen molar-refractivity contribution in [1.29, 1.82) is 0 Å². The van der Waals surface area contributed by atoms with Crippen molar-refractivity contribution in [3.8, 4) is 5.75 Å². The summed E-state index contributed by atoms with van der Waals surface area (Å²) in [6, 6.07) is 9.67. The Bertz CT molecular complexity index is 642. The summed E-state index contributed by atoms with van der Waals surface area (Å²) in [7, 11) is 0. The molecule has 0 unspecified atom stereocenters.